The van der Waals surface area contributed by atoms with Crippen LogP contribution >= 0.6 is 0 Å². The highest BCUT2D eigenvalue weighted by Crippen LogP contribution is 2.35. The van der Waals surface area contributed by atoms with E-state index < -0.39 is 0 Å². The van der Waals surface area contributed by atoms with Gasteiger partial charge < -0.3 is 14.5 Å². The third kappa shape index (κ3) is 3.27. The second-order valence-electron chi connectivity index (χ2n) is 8.99. The minimum atomic E-state index is -0.333. The molecule has 0 aliphatic carbocycles. The van der Waals surface area contributed by atoms with E-state index in [9.17, 15) is 9.59 Å². The first-order chi connectivity index (χ1) is 15.8. The van der Waals surface area contributed by atoms with Crippen LogP contribution in [0.25, 0.3) is 38.2 Å². The Morgan fingerprint density at radius 2 is 1.61 bits per heavy atom. The standard InChI is InChI=1S/C24H28N6O3/c1-26(2)10-12-28-23(31)16-7-9-19-20-21(25-29(19)13-11-27(3)4)17-14-15(33-5)6-8-18(17)30(22(16)20)24(28)32/h6-9,14H,10-13H2,1-5H3. The Balaban J connectivity index is 1.96. The lowest BCUT2D eigenvalue weighted by Crippen LogP contribution is -2.40. The summed E-state index contributed by atoms with van der Waals surface area (Å²) in [6.07, 6.45) is 0. The minimum absolute atomic E-state index is 0.265. The van der Waals surface area contributed by atoms with Gasteiger partial charge in [-0.3, -0.25) is 18.4 Å². The highest BCUT2D eigenvalue weighted by molar-refractivity contribution is 6.21. The average molecular weight is 449 g/mol. The van der Waals surface area contributed by atoms with E-state index in [0.717, 1.165) is 28.4 Å². The lowest BCUT2D eigenvalue weighted by molar-refractivity contribution is 0.376. The molecule has 0 saturated heterocycles. The van der Waals surface area contributed by atoms with Crippen LogP contribution in [0, 0.1) is 0 Å². The van der Waals surface area contributed by atoms with Gasteiger partial charge in [-0.1, -0.05) is 0 Å². The summed E-state index contributed by atoms with van der Waals surface area (Å²) in [6.45, 7) is 2.42. The van der Waals surface area contributed by atoms with E-state index in [1.54, 1.807) is 11.5 Å². The summed E-state index contributed by atoms with van der Waals surface area (Å²) in [6, 6.07) is 9.39. The number of likely N-dealkylation sites (N-methyl/N-ethyl adjacent to an activating group) is 2. The molecule has 0 atom stereocenters. The van der Waals surface area contributed by atoms with Crippen molar-refractivity contribution in [3.05, 3.63) is 51.2 Å². The van der Waals surface area contributed by atoms with Crippen LogP contribution in [-0.4, -0.2) is 76.9 Å². The Morgan fingerprint density at radius 3 is 2.30 bits per heavy atom. The van der Waals surface area contributed by atoms with Crippen LogP contribution in [0.1, 0.15) is 0 Å². The number of ether oxygens (including phenoxy) is 1. The highest BCUT2D eigenvalue weighted by Gasteiger charge is 2.23. The molecule has 0 aliphatic rings. The Morgan fingerprint density at radius 1 is 0.909 bits per heavy atom. The summed E-state index contributed by atoms with van der Waals surface area (Å²) in [5, 5.41) is 7.12. The van der Waals surface area contributed by atoms with Gasteiger partial charge in [0.2, 0.25) is 0 Å². The van der Waals surface area contributed by atoms with Gasteiger partial charge in [0.1, 0.15) is 11.3 Å². The molecule has 9 nitrogen and oxygen atoms in total. The topological polar surface area (TPSA) is 77.0 Å². The van der Waals surface area contributed by atoms with E-state index in [2.05, 4.69) is 4.90 Å². The molecule has 0 spiro atoms. The number of benzene rings is 2. The Hall–Kier alpha value is -3.43. The number of hydrogen-bond acceptors (Lipinski definition) is 6. The SMILES string of the molecule is COc1ccc2c(c1)c1nn(CCN(C)C)c3ccc4c(=O)n(CCN(C)C)c(=O)n2c4c13. The van der Waals surface area contributed by atoms with Crippen molar-refractivity contribution in [2.24, 2.45) is 0 Å². The second-order valence-corrected chi connectivity index (χ2v) is 8.99. The first-order valence-electron chi connectivity index (χ1n) is 11.0. The molecule has 2 aromatic carbocycles. The van der Waals surface area contributed by atoms with Crippen LogP contribution < -0.4 is 16.0 Å². The molecular formula is C24H28N6O3. The molecule has 3 aromatic heterocycles. The van der Waals surface area contributed by atoms with Crippen LogP contribution in [0.15, 0.2) is 39.9 Å². The van der Waals surface area contributed by atoms with Crippen LogP contribution in [-0.2, 0) is 13.1 Å². The number of rotatable bonds is 7. The predicted octanol–water partition coefficient (Wildman–Crippen LogP) is 1.69. The molecule has 3 heterocycles. The summed E-state index contributed by atoms with van der Waals surface area (Å²) in [5.74, 6) is 0.689. The minimum Gasteiger partial charge on any atom is -0.497 e. The molecule has 33 heavy (non-hydrogen) atoms. The molecule has 0 saturated carbocycles. The third-order valence-electron chi connectivity index (χ3n) is 6.24. The summed E-state index contributed by atoms with van der Waals surface area (Å²) in [5.41, 5.74) is 2.42. The van der Waals surface area contributed by atoms with E-state index in [1.165, 1.54) is 4.57 Å². The summed E-state index contributed by atoms with van der Waals surface area (Å²) < 4.78 is 10.4. The fourth-order valence-corrected chi connectivity index (χ4v) is 4.51. The van der Waals surface area contributed by atoms with Gasteiger partial charge in [-0.05, 0) is 58.5 Å². The van der Waals surface area contributed by atoms with E-state index in [4.69, 9.17) is 9.84 Å². The van der Waals surface area contributed by atoms with Gasteiger partial charge in [-0.15, -0.1) is 0 Å². The monoisotopic (exact) mass is 448 g/mol. The lowest BCUT2D eigenvalue weighted by Gasteiger charge is -2.16. The predicted molar refractivity (Wildman–Crippen MR) is 131 cm³/mol. The Bertz CT molecular complexity index is 1610. The number of aromatic nitrogens is 4. The van der Waals surface area contributed by atoms with E-state index in [0.29, 0.717) is 41.8 Å². The molecule has 5 aromatic rings. The largest absolute Gasteiger partial charge is 0.497 e. The normalized spacial score (nSPS) is 12.5. The van der Waals surface area contributed by atoms with Gasteiger partial charge in [0.15, 0.2) is 0 Å². The van der Waals surface area contributed by atoms with Crippen LogP contribution in [0.5, 0.6) is 5.75 Å². The second kappa shape index (κ2) is 7.86. The van der Waals surface area contributed by atoms with Crippen LogP contribution in [0.4, 0.5) is 0 Å². The third-order valence-corrected chi connectivity index (χ3v) is 6.24. The van der Waals surface area contributed by atoms with E-state index in [-0.39, 0.29) is 11.2 Å². The Labute approximate surface area is 190 Å². The maximum atomic E-state index is 13.7. The van der Waals surface area contributed by atoms with Gasteiger partial charge in [0, 0.05) is 25.0 Å². The number of fused-ring (bicyclic) bond motifs is 3. The smallest absolute Gasteiger partial charge is 0.336 e. The molecular weight excluding hydrogens is 420 g/mol. The van der Waals surface area contributed by atoms with Crippen molar-refractivity contribution < 1.29 is 4.74 Å². The molecule has 0 fully saturated rings. The van der Waals surface area contributed by atoms with Crippen LogP contribution in [0.2, 0.25) is 0 Å². The summed E-state index contributed by atoms with van der Waals surface area (Å²) >= 11 is 0. The van der Waals surface area contributed by atoms with Gasteiger partial charge in [0.25, 0.3) is 5.56 Å². The summed E-state index contributed by atoms with van der Waals surface area (Å²) in [4.78, 5) is 31.2. The zero-order chi connectivity index (χ0) is 23.4. The molecule has 9 heteroatoms. The van der Waals surface area contributed by atoms with Crippen molar-refractivity contribution in [2.75, 3.05) is 48.4 Å². The van der Waals surface area contributed by atoms with Gasteiger partial charge in [0.05, 0.1) is 41.0 Å². The highest BCUT2D eigenvalue weighted by atomic mass is 16.5. The van der Waals surface area contributed by atoms with E-state index >= 15 is 0 Å². The zero-order valence-electron chi connectivity index (χ0n) is 19.6. The molecule has 0 N–H and O–H groups in total. The summed E-state index contributed by atoms with van der Waals surface area (Å²) in [7, 11) is 9.51. The van der Waals surface area contributed by atoms with Crippen molar-refractivity contribution in [3.63, 3.8) is 0 Å². The Kier molecular flexibility index (Phi) is 5.10. The molecule has 0 amide bonds. The first-order valence-corrected chi connectivity index (χ1v) is 11.0. The van der Waals surface area contributed by atoms with Crippen molar-refractivity contribution in [1.82, 2.24) is 28.5 Å². The molecule has 0 unspecified atom stereocenters. The van der Waals surface area contributed by atoms with Gasteiger partial charge >= 0.3 is 5.69 Å². The van der Waals surface area contributed by atoms with Crippen LogP contribution in [0.3, 0.4) is 0 Å². The fourth-order valence-electron chi connectivity index (χ4n) is 4.51. The quantitative estimate of drug-likeness (QED) is 0.279. The zero-order valence-corrected chi connectivity index (χ0v) is 19.6. The number of hydrogen-bond donors (Lipinski definition) is 0. The van der Waals surface area contributed by atoms with Crippen molar-refractivity contribution in [3.8, 4) is 5.75 Å². The maximum Gasteiger partial charge on any atom is 0.336 e. The van der Waals surface area contributed by atoms with Crippen molar-refractivity contribution in [2.45, 2.75) is 13.1 Å². The lowest BCUT2D eigenvalue weighted by atomic mass is 10.1. The molecule has 0 bridgehead atoms. The van der Waals surface area contributed by atoms with Gasteiger partial charge in [-0.25, -0.2) is 4.79 Å². The maximum absolute atomic E-state index is 13.7. The number of methoxy groups -OCH3 is 1. The molecule has 0 radical (unpaired) electrons. The first kappa shape index (κ1) is 21.4. The molecule has 0 aliphatic heterocycles. The average Bonchev–Trinajstić information content (AvgIpc) is 3.16. The van der Waals surface area contributed by atoms with Crippen molar-refractivity contribution >= 4 is 38.2 Å². The molecule has 172 valence electrons. The van der Waals surface area contributed by atoms with Gasteiger partial charge in [-0.2, -0.15) is 5.10 Å². The van der Waals surface area contributed by atoms with E-state index in [1.807, 2.05) is 68.1 Å². The van der Waals surface area contributed by atoms with Crippen molar-refractivity contribution in [1.29, 1.82) is 0 Å². The number of nitrogens with zero attached hydrogens (tertiary/aromatic N) is 6. The number of pyridine rings is 1. The fraction of sp³-hybridized carbons (Fsp3) is 0.375. The molecule has 5 rings (SSSR count).